The van der Waals surface area contributed by atoms with Crippen LogP contribution in [0.5, 0.6) is 10.9 Å². The van der Waals surface area contributed by atoms with E-state index in [1.165, 1.54) is 11.3 Å². The third-order valence-electron chi connectivity index (χ3n) is 1.60. The molecule has 0 atom stereocenters. The van der Waals surface area contributed by atoms with Gasteiger partial charge in [0.25, 0.3) is 5.19 Å². The van der Waals surface area contributed by atoms with Gasteiger partial charge >= 0.3 is 0 Å². The fourth-order valence-electron chi connectivity index (χ4n) is 1.03. The minimum atomic E-state index is 0.471. The summed E-state index contributed by atoms with van der Waals surface area (Å²) in [6.45, 7) is 0. The van der Waals surface area contributed by atoms with Crippen LogP contribution in [0.25, 0.3) is 0 Å². The Bertz CT molecular complexity index is 444. The molecule has 15 heavy (non-hydrogen) atoms. The van der Waals surface area contributed by atoms with Crippen LogP contribution in [-0.4, -0.2) is 16.6 Å². The Kier molecular flexibility index (Phi) is 2.89. The number of hydrogen-bond donors (Lipinski definition) is 1. The highest BCUT2D eigenvalue weighted by Crippen LogP contribution is 2.24. The van der Waals surface area contributed by atoms with Crippen molar-refractivity contribution in [2.75, 3.05) is 5.32 Å². The molecule has 0 unspecified atom stereocenters. The molecule has 0 aliphatic carbocycles. The summed E-state index contributed by atoms with van der Waals surface area (Å²) >= 11 is 1.30. The Labute approximate surface area is 89.7 Å². The lowest BCUT2D eigenvalue weighted by molar-refractivity contribution is -0.105. The van der Waals surface area contributed by atoms with Crippen molar-refractivity contribution >= 4 is 23.4 Å². The summed E-state index contributed by atoms with van der Waals surface area (Å²) in [5, 5.41) is 10.4. The van der Waals surface area contributed by atoms with E-state index in [0.717, 1.165) is 0 Å². The molecule has 76 valence electrons. The van der Waals surface area contributed by atoms with Crippen molar-refractivity contribution in [3.63, 3.8) is 0 Å². The molecule has 0 saturated carbocycles. The lowest BCUT2D eigenvalue weighted by Gasteiger charge is -2.02. The van der Waals surface area contributed by atoms with Gasteiger partial charge in [0.15, 0.2) is 0 Å². The molecule has 1 heterocycles. The van der Waals surface area contributed by atoms with Crippen molar-refractivity contribution in [2.45, 2.75) is 0 Å². The Morgan fingerprint density at radius 2 is 2.40 bits per heavy atom. The lowest BCUT2D eigenvalue weighted by Crippen LogP contribution is -1.93. The smallest absolute Gasteiger partial charge is 0.299 e. The van der Waals surface area contributed by atoms with E-state index in [4.69, 9.17) is 4.74 Å². The minimum absolute atomic E-state index is 0.471. The van der Waals surface area contributed by atoms with Gasteiger partial charge in [-0.05, 0) is 12.1 Å². The third kappa shape index (κ3) is 2.50. The maximum atomic E-state index is 10.2. The Morgan fingerprint density at radius 1 is 1.47 bits per heavy atom. The average molecular weight is 221 g/mol. The van der Waals surface area contributed by atoms with Crippen LogP contribution in [0.3, 0.4) is 0 Å². The monoisotopic (exact) mass is 221 g/mol. The standard InChI is InChI=1S/C9H7N3O2S/c13-5-10-7-2-1-3-8(4-7)14-9-12-11-6-15-9/h1-6H,(H,10,13). The van der Waals surface area contributed by atoms with Crippen molar-refractivity contribution < 1.29 is 9.53 Å². The van der Waals surface area contributed by atoms with Crippen LogP contribution < -0.4 is 10.1 Å². The fourth-order valence-corrected chi connectivity index (χ4v) is 1.45. The predicted octanol–water partition coefficient (Wildman–Crippen LogP) is 1.90. The van der Waals surface area contributed by atoms with E-state index in [1.54, 1.807) is 29.8 Å². The number of amides is 1. The van der Waals surface area contributed by atoms with Crippen LogP contribution in [0.4, 0.5) is 5.69 Å². The maximum absolute atomic E-state index is 10.2. The molecule has 0 saturated heterocycles. The summed E-state index contributed by atoms with van der Waals surface area (Å²) in [7, 11) is 0. The number of anilines is 1. The highest BCUT2D eigenvalue weighted by Gasteiger charge is 2.00. The molecule has 1 N–H and O–H groups in total. The number of aromatic nitrogens is 2. The number of carbonyl (C=O) groups excluding carboxylic acids is 1. The first kappa shape index (κ1) is 9.60. The van der Waals surface area contributed by atoms with Gasteiger partial charge in [-0.25, -0.2) is 0 Å². The van der Waals surface area contributed by atoms with Crippen molar-refractivity contribution in [3.05, 3.63) is 29.8 Å². The largest absolute Gasteiger partial charge is 0.430 e. The molecule has 0 aliphatic rings. The number of carbonyl (C=O) groups is 1. The Morgan fingerprint density at radius 3 is 3.13 bits per heavy atom. The van der Waals surface area contributed by atoms with E-state index in [-0.39, 0.29) is 0 Å². The first-order chi connectivity index (χ1) is 7.38. The first-order valence-corrected chi connectivity index (χ1v) is 5.01. The summed E-state index contributed by atoms with van der Waals surface area (Å²) in [5.41, 5.74) is 2.26. The first-order valence-electron chi connectivity index (χ1n) is 4.13. The highest BCUT2D eigenvalue weighted by molar-refractivity contribution is 7.11. The number of rotatable bonds is 4. The molecule has 0 aliphatic heterocycles. The fraction of sp³-hybridized carbons (Fsp3) is 0. The second-order valence-corrected chi connectivity index (χ2v) is 3.39. The van der Waals surface area contributed by atoms with Gasteiger partial charge in [-0.2, -0.15) is 0 Å². The zero-order valence-electron chi connectivity index (χ0n) is 7.58. The van der Waals surface area contributed by atoms with Gasteiger partial charge in [-0.15, -0.1) is 5.10 Å². The molecular weight excluding hydrogens is 214 g/mol. The maximum Gasteiger partial charge on any atom is 0.299 e. The quantitative estimate of drug-likeness (QED) is 0.801. The lowest BCUT2D eigenvalue weighted by atomic mass is 10.3. The second kappa shape index (κ2) is 4.52. The van der Waals surface area contributed by atoms with Gasteiger partial charge in [0.2, 0.25) is 6.41 Å². The number of hydrogen-bond acceptors (Lipinski definition) is 5. The molecular formula is C9H7N3O2S. The van der Waals surface area contributed by atoms with E-state index < -0.39 is 0 Å². The molecule has 0 radical (unpaired) electrons. The SMILES string of the molecule is O=CNc1cccc(Oc2nncs2)c1. The van der Waals surface area contributed by atoms with E-state index in [1.807, 2.05) is 0 Å². The average Bonchev–Trinajstić information content (AvgIpc) is 2.71. The van der Waals surface area contributed by atoms with Gasteiger partial charge in [0.1, 0.15) is 11.3 Å². The molecule has 6 heteroatoms. The minimum Gasteiger partial charge on any atom is -0.430 e. The van der Waals surface area contributed by atoms with Crippen molar-refractivity contribution in [1.82, 2.24) is 10.2 Å². The van der Waals surface area contributed by atoms with E-state index >= 15 is 0 Å². The van der Waals surface area contributed by atoms with E-state index in [2.05, 4.69) is 15.5 Å². The van der Waals surface area contributed by atoms with Gasteiger partial charge < -0.3 is 10.1 Å². The summed E-state index contributed by atoms with van der Waals surface area (Å²) < 4.78 is 5.39. The van der Waals surface area contributed by atoms with Crippen molar-refractivity contribution in [1.29, 1.82) is 0 Å². The topological polar surface area (TPSA) is 64.1 Å². The van der Waals surface area contributed by atoms with Crippen molar-refractivity contribution in [2.24, 2.45) is 0 Å². The highest BCUT2D eigenvalue weighted by atomic mass is 32.1. The van der Waals surface area contributed by atoms with E-state index in [0.29, 0.717) is 23.0 Å². The molecule has 5 nitrogen and oxygen atoms in total. The number of benzene rings is 1. The summed E-state index contributed by atoms with van der Waals surface area (Å²) in [5.74, 6) is 0.610. The van der Waals surface area contributed by atoms with Crippen LogP contribution in [-0.2, 0) is 4.79 Å². The Hall–Kier alpha value is -1.95. The molecule has 0 fully saturated rings. The summed E-state index contributed by atoms with van der Waals surface area (Å²) in [4.78, 5) is 10.2. The normalized spacial score (nSPS) is 9.60. The van der Waals surface area contributed by atoms with Gasteiger partial charge in [-0.1, -0.05) is 22.5 Å². The van der Waals surface area contributed by atoms with Crippen LogP contribution in [0.1, 0.15) is 0 Å². The molecule has 1 aromatic carbocycles. The summed E-state index contributed by atoms with van der Waals surface area (Å²) in [6, 6.07) is 7.02. The molecule has 2 aromatic rings. The van der Waals surface area contributed by atoms with Crippen LogP contribution in [0, 0.1) is 0 Å². The Balaban J connectivity index is 2.14. The van der Waals surface area contributed by atoms with Crippen LogP contribution >= 0.6 is 11.3 Å². The zero-order chi connectivity index (χ0) is 10.5. The van der Waals surface area contributed by atoms with Crippen LogP contribution in [0.2, 0.25) is 0 Å². The molecule has 1 amide bonds. The number of nitrogens with one attached hydrogen (secondary N) is 1. The predicted molar refractivity (Wildman–Crippen MR) is 56.1 cm³/mol. The second-order valence-electron chi connectivity index (χ2n) is 2.60. The van der Waals surface area contributed by atoms with Crippen molar-refractivity contribution in [3.8, 4) is 10.9 Å². The zero-order valence-corrected chi connectivity index (χ0v) is 8.40. The molecule has 0 spiro atoms. The van der Waals surface area contributed by atoms with Gasteiger partial charge in [0.05, 0.1) is 0 Å². The van der Waals surface area contributed by atoms with Crippen LogP contribution in [0.15, 0.2) is 29.8 Å². The number of ether oxygens (including phenoxy) is 1. The molecule has 2 rings (SSSR count). The summed E-state index contributed by atoms with van der Waals surface area (Å²) in [6.07, 6.45) is 0.615. The molecule has 1 aromatic heterocycles. The van der Waals surface area contributed by atoms with Gasteiger partial charge in [-0.3, -0.25) is 4.79 Å². The van der Waals surface area contributed by atoms with Gasteiger partial charge in [0, 0.05) is 11.8 Å². The van der Waals surface area contributed by atoms with E-state index in [9.17, 15) is 4.79 Å². The molecule has 0 bridgehead atoms. The third-order valence-corrected chi connectivity index (χ3v) is 2.17. The number of nitrogens with zero attached hydrogens (tertiary/aromatic N) is 2.